The number of aryl methyl sites for hydroxylation is 1. The van der Waals surface area contributed by atoms with Crippen molar-refractivity contribution in [2.24, 2.45) is 0 Å². The van der Waals surface area contributed by atoms with Crippen LogP contribution in [0.3, 0.4) is 0 Å². The van der Waals surface area contributed by atoms with Crippen LogP contribution in [0, 0.1) is 6.92 Å². The molecule has 0 saturated heterocycles. The van der Waals surface area contributed by atoms with Crippen molar-refractivity contribution in [1.29, 1.82) is 0 Å². The predicted octanol–water partition coefficient (Wildman–Crippen LogP) is 4.26. The summed E-state index contributed by atoms with van der Waals surface area (Å²) < 4.78 is 43.0. The van der Waals surface area contributed by atoms with Crippen molar-refractivity contribution in [1.82, 2.24) is 0 Å². The van der Waals surface area contributed by atoms with Gasteiger partial charge in [-0.2, -0.15) is 13.2 Å². The molecule has 0 unspecified atom stereocenters. The third kappa shape index (κ3) is 4.35. The number of hydrogen-bond acceptors (Lipinski definition) is 4. The van der Waals surface area contributed by atoms with Gasteiger partial charge in [0.05, 0.1) is 5.56 Å². The molecule has 1 amide bonds. The van der Waals surface area contributed by atoms with Crippen molar-refractivity contribution >= 4 is 28.9 Å². The quantitative estimate of drug-likeness (QED) is 0.832. The molecule has 1 N–H and O–H groups in total. The molecule has 0 radical (unpaired) electrons. The maximum atomic E-state index is 12.6. The van der Waals surface area contributed by atoms with Crippen molar-refractivity contribution < 1.29 is 27.5 Å². The van der Waals surface area contributed by atoms with Crippen LogP contribution in [0.2, 0.25) is 0 Å². The lowest BCUT2D eigenvalue weighted by Crippen LogP contribution is -2.30. The van der Waals surface area contributed by atoms with Crippen LogP contribution < -0.4 is 5.32 Å². The third-order valence-corrected chi connectivity index (χ3v) is 4.15. The van der Waals surface area contributed by atoms with Gasteiger partial charge < -0.3 is 10.1 Å². The minimum absolute atomic E-state index is 0.0231. The Labute approximate surface area is 140 Å². The summed E-state index contributed by atoms with van der Waals surface area (Å²) in [5, 5.41) is 4.03. The van der Waals surface area contributed by atoms with E-state index in [4.69, 9.17) is 4.74 Å². The number of hydrogen-bond donors (Lipinski definition) is 1. The zero-order valence-corrected chi connectivity index (χ0v) is 13.6. The number of carbonyl (C=O) groups excluding carboxylic acids is 2. The molecule has 4 nitrogen and oxygen atoms in total. The Morgan fingerprint density at radius 3 is 2.54 bits per heavy atom. The molecule has 0 bridgehead atoms. The van der Waals surface area contributed by atoms with Gasteiger partial charge in [0.1, 0.15) is 4.88 Å². The molecule has 24 heavy (non-hydrogen) atoms. The maximum Gasteiger partial charge on any atom is 0.416 e. The summed E-state index contributed by atoms with van der Waals surface area (Å²) in [6.45, 7) is 3.09. The van der Waals surface area contributed by atoms with Crippen LogP contribution in [0.4, 0.5) is 18.9 Å². The number of esters is 1. The van der Waals surface area contributed by atoms with E-state index in [1.165, 1.54) is 30.4 Å². The van der Waals surface area contributed by atoms with Crippen molar-refractivity contribution in [3.63, 3.8) is 0 Å². The smallest absolute Gasteiger partial charge is 0.416 e. The zero-order valence-electron chi connectivity index (χ0n) is 12.8. The van der Waals surface area contributed by atoms with E-state index in [1.807, 2.05) is 0 Å². The van der Waals surface area contributed by atoms with E-state index in [1.54, 1.807) is 18.4 Å². The van der Waals surface area contributed by atoms with Gasteiger partial charge in [0, 0.05) is 5.69 Å². The fourth-order valence-electron chi connectivity index (χ4n) is 1.87. The molecule has 0 saturated carbocycles. The molecule has 0 fully saturated rings. The Morgan fingerprint density at radius 2 is 1.96 bits per heavy atom. The third-order valence-electron chi connectivity index (χ3n) is 3.16. The highest BCUT2D eigenvalue weighted by Crippen LogP contribution is 2.30. The molecule has 1 heterocycles. The standard InChI is InChI=1S/C16H14F3NO3S/c1-9-6-7-24-13(9)15(22)23-10(2)14(21)20-12-5-3-4-11(8-12)16(17,18)19/h3-8,10H,1-2H3,(H,20,21)/t10-/m1/s1. The molecule has 0 aliphatic rings. The van der Waals surface area contributed by atoms with Gasteiger partial charge in [-0.15, -0.1) is 11.3 Å². The molecule has 0 spiro atoms. The minimum Gasteiger partial charge on any atom is -0.448 e. The van der Waals surface area contributed by atoms with Crippen molar-refractivity contribution in [3.05, 3.63) is 51.7 Å². The second-order valence-corrected chi connectivity index (χ2v) is 5.96. The molecular formula is C16H14F3NO3S. The van der Waals surface area contributed by atoms with E-state index >= 15 is 0 Å². The number of rotatable bonds is 4. The predicted molar refractivity (Wildman–Crippen MR) is 84.0 cm³/mol. The van der Waals surface area contributed by atoms with Crippen LogP contribution in [-0.2, 0) is 15.7 Å². The number of carbonyl (C=O) groups is 2. The maximum absolute atomic E-state index is 12.6. The van der Waals surface area contributed by atoms with Gasteiger partial charge in [-0.25, -0.2) is 4.79 Å². The minimum atomic E-state index is -4.50. The molecule has 1 atom stereocenters. The summed E-state index contributed by atoms with van der Waals surface area (Å²) in [5.74, 6) is -1.36. The highest BCUT2D eigenvalue weighted by Gasteiger charge is 2.30. The lowest BCUT2D eigenvalue weighted by Gasteiger charge is -2.14. The average molecular weight is 357 g/mol. The van der Waals surface area contributed by atoms with Crippen LogP contribution >= 0.6 is 11.3 Å². The monoisotopic (exact) mass is 357 g/mol. The SMILES string of the molecule is Cc1ccsc1C(=O)O[C@H](C)C(=O)Nc1cccc(C(F)(F)F)c1. The lowest BCUT2D eigenvalue weighted by atomic mass is 10.2. The van der Waals surface area contributed by atoms with Gasteiger partial charge in [-0.1, -0.05) is 6.07 Å². The summed E-state index contributed by atoms with van der Waals surface area (Å²) in [7, 11) is 0. The highest BCUT2D eigenvalue weighted by atomic mass is 32.1. The molecule has 2 rings (SSSR count). The van der Waals surface area contributed by atoms with E-state index < -0.39 is 29.7 Å². The van der Waals surface area contributed by atoms with Crippen molar-refractivity contribution in [2.45, 2.75) is 26.1 Å². The Kier molecular flexibility index (Phi) is 5.28. The summed E-state index contributed by atoms with van der Waals surface area (Å²) in [4.78, 5) is 24.3. The summed E-state index contributed by atoms with van der Waals surface area (Å²) >= 11 is 1.19. The Balaban J connectivity index is 2.02. The van der Waals surface area contributed by atoms with Gasteiger partial charge in [0.2, 0.25) is 0 Å². The van der Waals surface area contributed by atoms with Gasteiger partial charge in [-0.05, 0) is 49.1 Å². The topological polar surface area (TPSA) is 55.4 Å². The second kappa shape index (κ2) is 7.04. The molecule has 8 heteroatoms. The molecule has 1 aromatic carbocycles. The second-order valence-electron chi connectivity index (χ2n) is 5.05. The number of alkyl halides is 3. The molecule has 0 aliphatic heterocycles. The number of ether oxygens (including phenoxy) is 1. The van der Waals surface area contributed by atoms with E-state index in [-0.39, 0.29) is 5.69 Å². The first-order valence-corrected chi connectivity index (χ1v) is 7.79. The molecule has 0 aliphatic carbocycles. The first kappa shape index (κ1) is 18.0. The van der Waals surface area contributed by atoms with E-state index in [2.05, 4.69) is 5.32 Å². The van der Waals surface area contributed by atoms with Gasteiger partial charge in [0.15, 0.2) is 6.10 Å². The van der Waals surface area contributed by atoms with Gasteiger partial charge >= 0.3 is 12.1 Å². The number of halogens is 3. The number of nitrogens with one attached hydrogen (secondary N) is 1. The molecule has 1 aromatic heterocycles. The fraction of sp³-hybridized carbons (Fsp3) is 0.250. The highest BCUT2D eigenvalue weighted by molar-refractivity contribution is 7.12. The number of benzene rings is 1. The van der Waals surface area contributed by atoms with Crippen LogP contribution in [0.1, 0.15) is 27.7 Å². The average Bonchev–Trinajstić information content (AvgIpc) is 2.92. The van der Waals surface area contributed by atoms with E-state index in [0.717, 1.165) is 17.7 Å². The normalized spacial score (nSPS) is 12.5. The van der Waals surface area contributed by atoms with Gasteiger partial charge in [0.25, 0.3) is 5.91 Å². The Hall–Kier alpha value is -2.35. The first-order valence-electron chi connectivity index (χ1n) is 6.91. The fourth-order valence-corrected chi connectivity index (χ4v) is 2.67. The lowest BCUT2D eigenvalue weighted by molar-refractivity contribution is -0.137. The van der Waals surface area contributed by atoms with Crippen molar-refractivity contribution in [2.75, 3.05) is 5.32 Å². The number of thiophene rings is 1. The van der Waals surface area contributed by atoms with Crippen LogP contribution in [-0.4, -0.2) is 18.0 Å². The van der Waals surface area contributed by atoms with E-state index in [0.29, 0.717) is 4.88 Å². The number of anilines is 1. The largest absolute Gasteiger partial charge is 0.448 e. The summed E-state index contributed by atoms with van der Waals surface area (Å²) in [6.07, 6.45) is -5.65. The molecule has 2 aromatic rings. The van der Waals surface area contributed by atoms with Gasteiger partial charge in [-0.3, -0.25) is 4.79 Å². The molecule has 128 valence electrons. The first-order chi connectivity index (χ1) is 11.2. The Morgan fingerprint density at radius 1 is 1.25 bits per heavy atom. The zero-order chi connectivity index (χ0) is 17.9. The summed E-state index contributed by atoms with van der Waals surface area (Å²) in [5.41, 5.74) is -0.167. The molecular weight excluding hydrogens is 343 g/mol. The van der Waals surface area contributed by atoms with Crippen molar-refractivity contribution in [3.8, 4) is 0 Å². The van der Waals surface area contributed by atoms with Crippen LogP contribution in [0.5, 0.6) is 0 Å². The Bertz CT molecular complexity index is 755. The van der Waals surface area contributed by atoms with E-state index in [9.17, 15) is 22.8 Å². The van der Waals surface area contributed by atoms with Crippen LogP contribution in [0.15, 0.2) is 35.7 Å². The number of amides is 1. The summed E-state index contributed by atoms with van der Waals surface area (Å²) in [6, 6.07) is 5.97. The van der Waals surface area contributed by atoms with Crippen LogP contribution in [0.25, 0.3) is 0 Å².